The lowest BCUT2D eigenvalue weighted by atomic mass is 10.1. The first-order chi connectivity index (χ1) is 11.0. The van der Waals surface area contributed by atoms with E-state index in [1.54, 1.807) is 24.5 Å². The standard InChI is InChI=1S/C15H16N2O5S/c18-15(16-19)13-7-9-23(20,21)17(13)10-11-3-5-12(6-4-11)14-2-1-8-22-14/h1-6,8,13,19H,7,9-10H2,(H,16,18)/t13-/m1/s1. The molecule has 1 atom stereocenters. The lowest BCUT2D eigenvalue weighted by Gasteiger charge is -2.21. The Balaban J connectivity index is 1.81. The van der Waals surface area contributed by atoms with Crippen LogP contribution in [0.3, 0.4) is 0 Å². The third-order valence-electron chi connectivity index (χ3n) is 3.87. The van der Waals surface area contributed by atoms with Gasteiger partial charge >= 0.3 is 0 Å². The summed E-state index contributed by atoms with van der Waals surface area (Å²) in [6.45, 7) is 0.0822. The number of furan rings is 1. The molecular formula is C15H16N2O5S. The number of sulfonamides is 1. The van der Waals surface area contributed by atoms with E-state index in [0.29, 0.717) is 0 Å². The lowest BCUT2D eigenvalue weighted by Crippen LogP contribution is -2.43. The summed E-state index contributed by atoms with van der Waals surface area (Å²) in [5.74, 6) is -0.0867. The Morgan fingerprint density at radius 3 is 2.65 bits per heavy atom. The maximum absolute atomic E-state index is 12.1. The van der Waals surface area contributed by atoms with Crippen LogP contribution >= 0.6 is 0 Å². The SMILES string of the molecule is O=C(NO)[C@H]1CCS(=O)(=O)N1Cc1ccc(-c2ccco2)cc1. The summed E-state index contributed by atoms with van der Waals surface area (Å²) in [4.78, 5) is 11.6. The Morgan fingerprint density at radius 2 is 2.04 bits per heavy atom. The van der Waals surface area contributed by atoms with Gasteiger partial charge < -0.3 is 4.42 Å². The number of hydroxylamine groups is 1. The summed E-state index contributed by atoms with van der Waals surface area (Å²) >= 11 is 0. The summed E-state index contributed by atoms with van der Waals surface area (Å²) in [7, 11) is -3.50. The fourth-order valence-electron chi connectivity index (χ4n) is 2.66. The molecule has 122 valence electrons. The fourth-order valence-corrected chi connectivity index (χ4v) is 4.35. The van der Waals surface area contributed by atoms with Gasteiger partial charge in [0.2, 0.25) is 10.0 Å². The number of hydrogen-bond acceptors (Lipinski definition) is 5. The highest BCUT2D eigenvalue weighted by Crippen LogP contribution is 2.26. The van der Waals surface area contributed by atoms with Crippen LogP contribution in [0.25, 0.3) is 11.3 Å². The second kappa shape index (κ2) is 6.15. The van der Waals surface area contributed by atoms with Crippen molar-refractivity contribution in [2.45, 2.75) is 19.0 Å². The minimum Gasteiger partial charge on any atom is -0.464 e. The first kappa shape index (κ1) is 15.7. The average molecular weight is 336 g/mol. The molecule has 2 aromatic rings. The van der Waals surface area contributed by atoms with Gasteiger partial charge in [0.25, 0.3) is 5.91 Å². The van der Waals surface area contributed by atoms with Gasteiger partial charge in [-0.3, -0.25) is 10.0 Å². The van der Waals surface area contributed by atoms with Crippen molar-refractivity contribution < 1.29 is 22.8 Å². The summed E-state index contributed by atoms with van der Waals surface area (Å²) < 4.78 is 30.6. The second-order valence-corrected chi connectivity index (χ2v) is 7.36. The molecule has 1 aliphatic heterocycles. The number of hydrogen-bond donors (Lipinski definition) is 2. The van der Waals surface area contributed by atoms with Gasteiger partial charge in [-0.15, -0.1) is 0 Å². The Labute approximate surface area is 133 Å². The van der Waals surface area contributed by atoms with E-state index in [1.807, 2.05) is 18.2 Å². The monoisotopic (exact) mass is 336 g/mol. The zero-order valence-electron chi connectivity index (χ0n) is 12.2. The van der Waals surface area contributed by atoms with Crippen LogP contribution in [0.1, 0.15) is 12.0 Å². The van der Waals surface area contributed by atoms with Crippen molar-refractivity contribution in [3.05, 3.63) is 48.2 Å². The number of amides is 1. The topological polar surface area (TPSA) is 99.8 Å². The summed E-state index contributed by atoms with van der Waals surface area (Å²) in [6, 6.07) is 9.99. The van der Waals surface area contributed by atoms with E-state index in [-0.39, 0.29) is 18.7 Å². The number of nitrogens with zero attached hydrogens (tertiary/aromatic N) is 1. The summed E-state index contributed by atoms with van der Waals surface area (Å²) in [6.07, 6.45) is 1.75. The van der Waals surface area contributed by atoms with E-state index < -0.39 is 22.0 Å². The molecule has 1 aliphatic rings. The van der Waals surface area contributed by atoms with Crippen LogP contribution in [0.2, 0.25) is 0 Å². The number of benzene rings is 1. The van der Waals surface area contributed by atoms with Crippen molar-refractivity contribution in [1.82, 2.24) is 9.79 Å². The Bertz CT molecular complexity index is 784. The minimum atomic E-state index is -3.50. The molecule has 0 bridgehead atoms. The van der Waals surface area contributed by atoms with E-state index in [4.69, 9.17) is 9.62 Å². The second-order valence-electron chi connectivity index (χ2n) is 5.32. The number of carbonyl (C=O) groups excluding carboxylic acids is 1. The van der Waals surface area contributed by atoms with Gasteiger partial charge in [0, 0.05) is 12.1 Å². The van der Waals surface area contributed by atoms with Gasteiger partial charge in [0.05, 0.1) is 12.0 Å². The first-order valence-electron chi connectivity index (χ1n) is 7.07. The summed E-state index contributed by atoms with van der Waals surface area (Å²) in [5, 5.41) is 8.76. The molecule has 0 unspecified atom stereocenters. The smallest absolute Gasteiger partial charge is 0.261 e. The van der Waals surface area contributed by atoms with Gasteiger partial charge in [0.1, 0.15) is 11.8 Å². The molecule has 0 saturated carbocycles. The normalized spacial score (nSPS) is 20.5. The Hall–Kier alpha value is -2.16. The van der Waals surface area contributed by atoms with Crippen LogP contribution in [0, 0.1) is 0 Å². The molecule has 0 radical (unpaired) electrons. The average Bonchev–Trinajstić information content (AvgIpc) is 3.17. The van der Waals surface area contributed by atoms with Crippen molar-refractivity contribution in [2.24, 2.45) is 0 Å². The lowest BCUT2D eigenvalue weighted by molar-refractivity contribution is -0.133. The fraction of sp³-hybridized carbons (Fsp3) is 0.267. The number of rotatable bonds is 4. The van der Waals surface area contributed by atoms with Crippen LogP contribution in [-0.4, -0.2) is 35.6 Å². The maximum Gasteiger partial charge on any atom is 0.261 e. The van der Waals surface area contributed by atoms with Gasteiger partial charge in [-0.05, 0) is 24.1 Å². The third kappa shape index (κ3) is 3.14. The van der Waals surface area contributed by atoms with E-state index in [1.165, 1.54) is 5.48 Å². The van der Waals surface area contributed by atoms with E-state index in [2.05, 4.69) is 0 Å². The molecule has 3 rings (SSSR count). The minimum absolute atomic E-state index is 0.0822. The molecule has 7 nitrogen and oxygen atoms in total. The molecule has 23 heavy (non-hydrogen) atoms. The van der Waals surface area contributed by atoms with Crippen LogP contribution in [0.4, 0.5) is 0 Å². The quantitative estimate of drug-likeness (QED) is 0.648. The molecule has 2 heterocycles. The largest absolute Gasteiger partial charge is 0.464 e. The molecule has 1 saturated heterocycles. The Morgan fingerprint density at radius 1 is 1.30 bits per heavy atom. The molecule has 8 heteroatoms. The van der Waals surface area contributed by atoms with Gasteiger partial charge in [-0.1, -0.05) is 24.3 Å². The van der Waals surface area contributed by atoms with E-state index in [0.717, 1.165) is 21.2 Å². The number of carbonyl (C=O) groups is 1. The van der Waals surface area contributed by atoms with Gasteiger partial charge in [0.15, 0.2) is 0 Å². The molecule has 0 spiro atoms. The molecular weight excluding hydrogens is 320 g/mol. The predicted octanol–water partition coefficient (Wildman–Crippen LogP) is 1.36. The van der Waals surface area contributed by atoms with Crippen molar-refractivity contribution in [3.63, 3.8) is 0 Å². The van der Waals surface area contributed by atoms with Crippen LogP contribution in [-0.2, 0) is 21.4 Å². The molecule has 2 N–H and O–H groups in total. The zero-order chi connectivity index (χ0) is 16.4. The van der Waals surface area contributed by atoms with Crippen LogP contribution in [0.5, 0.6) is 0 Å². The van der Waals surface area contributed by atoms with Crippen molar-refractivity contribution in [3.8, 4) is 11.3 Å². The number of nitrogens with one attached hydrogen (secondary N) is 1. The molecule has 0 aliphatic carbocycles. The van der Waals surface area contributed by atoms with Crippen molar-refractivity contribution in [2.75, 3.05) is 5.75 Å². The first-order valence-corrected chi connectivity index (χ1v) is 8.68. The van der Waals surface area contributed by atoms with Gasteiger partial charge in [-0.2, -0.15) is 4.31 Å². The molecule has 1 aromatic carbocycles. The van der Waals surface area contributed by atoms with E-state index in [9.17, 15) is 13.2 Å². The van der Waals surface area contributed by atoms with E-state index >= 15 is 0 Å². The van der Waals surface area contributed by atoms with Crippen molar-refractivity contribution in [1.29, 1.82) is 0 Å². The third-order valence-corrected chi connectivity index (χ3v) is 5.71. The molecule has 1 aromatic heterocycles. The van der Waals surface area contributed by atoms with Crippen molar-refractivity contribution >= 4 is 15.9 Å². The summed E-state index contributed by atoms with van der Waals surface area (Å²) in [5.41, 5.74) is 3.16. The van der Waals surface area contributed by atoms with Gasteiger partial charge in [-0.25, -0.2) is 13.9 Å². The maximum atomic E-state index is 12.1. The predicted molar refractivity (Wildman–Crippen MR) is 81.8 cm³/mol. The van der Waals surface area contributed by atoms with Crippen LogP contribution < -0.4 is 5.48 Å². The highest BCUT2D eigenvalue weighted by molar-refractivity contribution is 7.89. The zero-order valence-corrected chi connectivity index (χ0v) is 13.0. The highest BCUT2D eigenvalue weighted by Gasteiger charge is 2.41. The van der Waals surface area contributed by atoms with Crippen LogP contribution in [0.15, 0.2) is 47.1 Å². The molecule has 1 fully saturated rings. The highest BCUT2D eigenvalue weighted by atomic mass is 32.2. The Kier molecular flexibility index (Phi) is 4.20. The molecule has 1 amide bonds.